The lowest BCUT2D eigenvalue weighted by molar-refractivity contribution is -0.138. The van der Waals surface area contributed by atoms with E-state index in [2.05, 4.69) is 17.2 Å². The van der Waals surface area contributed by atoms with Gasteiger partial charge in [0.2, 0.25) is 0 Å². The van der Waals surface area contributed by atoms with Crippen molar-refractivity contribution in [3.8, 4) is 0 Å². The van der Waals surface area contributed by atoms with E-state index in [0.29, 0.717) is 12.2 Å². The molecule has 0 bridgehead atoms. The number of aliphatic imine (C=N–C) groups is 1. The third kappa shape index (κ3) is 3.49. The van der Waals surface area contributed by atoms with Gasteiger partial charge in [-0.1, -0.05) is 25.6 Å². The maximum atomic E-state index is 11.8. The van der Waals surface area contributed by atoms with Crippen LogP contribution in [0.4, 0.5) is 0 Å². The maximum absolute atomic E-state index is 11.8. The molecule has 1 N–H and O–H groups in total. The van der Waals surface area contributed by atoms with E-state index < -0.39 is 0 Å². The molecule has 0 aromatic carbocycles. The Hall–Kier alpha value is -0.970. The van der Waals surface area contributed by atoms with Crippen LogP contribution in [0.25, 0.3) is 0 Å². The van der Waals surface area contributed by atoms with Crippen LogP contribution in [-0.4, -0.2) is 29.5 Å². The number of carbonyl (C=O) groups excluding carboxylic acids is 1. The molecule has 4 nitrogen and oxygen atoms in total. The van der Waals surface area contributed by atoms with Crippen LogP contribution in [-0.2, 0) is 9.53 Å². The van der Waals surface area contributed by atoms with Crippen LogP contribution in [0.3, 0.4) is 0 Å². The molecule has 0 unspecified atom stereocenters. The third-order valence-electron chi connectivity index (χ3n) is 2.47. The highest BCUT2D eigenvalue weighted by atomic mass is 32.2. The zero-order valence-electron chi connectivity index (χ0n) is 10.9. The predicted octanol–water partition coefficient (Wildman–Crippen LogP) is 2.31. The minimum atomic E-state index is -0.256. The SMILES string of the molecule is CCOC(=O)C1=C(C)NC(SCC)=N[C@@H]1CC. The number of nitrogens with zero attached hydrogens (tertiary/aromatic N) is 1. The van der Waals surface area contributed by atoms with Gasteiger partial charge in [0.05, 0.1) is 18.2 Å². The van der Waals surface area contributed by atoms with Gasteiger partial charge in [0.1, 0.15) is 0 Å². The number of hydrogen-bond acceptors (Lipinski definition) is 5. The van der Waals surface area contributed by atoms with Gasteiger partial charge >= 0.3 is 5.97 Å². The average molecular weight is 256 g/mol. The molecule has 0 aromatic heterocycles. The summed E-state index contributed by atoms with van der Waals surface area (Å²) < 4.78 is 5.07. The summed E-state index contributed by atoms with van der Waals surface area (Å²) in [6.45, 7) is 8.22. The van der Waals surface area contributed by atoms with Crippen LogP contribution in [0.5, 0.6) is 0 Å². The molecule has 1 aliphatic heterocycles. The van der Waals surface area contributed by atoms with E-state index in [1.54, 1.807) is 11.8 Å². The fourth-order valence-corrected chi connectivity index (χ4v) is 2.42. The Labute approximate surface area is 107 Å². The molecule has 5 heteroatoms. The highest BCUT2D eigenvalue weighted by Gasteiger charge is 2.27. The Morgan fingerprint density at radius 2 is 2.18 bits per heavy atom. The lowest BCUT2D eigenvalue weighted by atomic mass is 10.0. The highest BCUT2D eigenvalue weighted by Crippen LogP contribution is 2.22. The Bertz CT molecular complexity index is 350. The second kappa shape index (κ2) is 6.69. The van der Waals surface area contributed by atoms with Crippen LogP contribution < -0.4 is 5.32 Å². The molecule has 1 heterocycles. The van der Waals surface area contributed by atoms with E-state index in [1.165, 1.54) is 0 Å². The van der Waals surface area contributed by atoms with Crippen LogP contribution >= 0.6 is 11.8 Å². The number of allylic oxidation sites excluding steroid dienone is 1. The van der Waals surface area contributed by atoms with Gasteiger partial charge in [-0.15, -0.1) is 0 Å². The number of ether oxygens (including phenoxy) is 1. The fraction of sp³-hybridized carbons (Fsp3) is 0.667. The first kappa shape index (κ1) is 14.1. The number of esters is 1. The van der Waals surface area contributed by atoms with Crippen molar-refractivity contribution in [2.24, 2.45) is 4.99 Å². The van der Waals surface area contributed by atoms with Crippen molar-refractivity contribution in [1.29, 1.82) is 0 Å². The molecule has 0 aromatic rings. The number of amidine groups is 1. The first-order valence-corrected chi connectivity index (χ1v) is 6.98. The first-order valence-electron chi connectivity index (χ1n) is 5.99. The number of rotatable bonds is 4. The minimum Gasteiger partial charge on any atom is -0.463 e. The molecule has 1 atom stereocenters. The van der Waals surface area contributed by atoms with Crippen LogP contribution in [0.15, 0.2) is 16.3 Å². The second-order valence-electron chi connectivity index (χ2n) is 3.68. The molecule has 96 valence electrons. The fourth-order valence-electron chi connectivity index (χ4n) is 1.72. The van der Waals surface area contributed by atoms with E-state index in [4.69, 9.17) is 4.74 Å². The van der Waals surface area contributed by atoms with Crippen LogP contribution in [0.1, 0.15) is 34.1 Å². The topological polar surface area (TPSA) is 50.7 Å². The van der Waals surface area contributed by atoms with Gasteiger partial charge in [-0.3, -0.25) is 4.99 Å². The van der Waals surface area contributed by atoms with Crippen molar-refractivity contribution in [2.75, 3.05) is 12.4 Å². The van der Waals surface area contributed by atoms with Crippen molar-refractivity contribution in [3.05, 3.63) is 11.3 Å². The minimum absolute atomic E-state index is 0.0793. The van der Waals surface area contributed by atoms with Crippen molar-refractivity contribution < 1.29 is 9.53 Å². The van der Waals surface area contributed by atoms with Gasteiger partial charge in [-0.2, -0.15) is 0 Å². The van der Waals surface area contributed by atoms with Gasteiger partial charge in [0.15, 0.2) is 5.17 Å². The molecule has 0 amide bonds. The Kier molecular flexibility index (Phi) is 5.55. The van der Waals surface area contributed by atoms with Crippen LogP contribution in [0, 0.1) is 0 Å². The molecular weight excluding hydrogens is 236 g/mol. The number of nitrogens with one attached hydrogen (secondary N) is 1. The molecule has 1 rings (SSSR count). The van der Waals surface area contributed by atoms with E-state index >= 15 is 0 Å². The van der Waals surface area contributed by atoms with E-state index in [9.17, 15) is 4.79 Å². The van der Waals surface area contributed by atoms with Gasteiger partial charge < -0.3 is 10.1 Å². The average Bonchev–Trinajstić information content (AvgIpc) is 2.28. The van der Waals surface area contributed by atoms with Crippen molar-refractivity contribution in [2.45, 2.75) is 40.2 Å². The molecule has 0 saturated heterocycles. The normalized spacial score (nSPS) is 19.8. The summed E-state index contributed by atoms with van der Waals surface area (Å²) in [7, 11) is 0. The molecule has 0 spiro atoms. The Morgan fingerprint density at radius 3 is 2.71 bits per heavy atom. The summed E-state index contributed by atoms with van der Waals surface area (Å²) in [5, 5.41) is 4.06. The largest absolute Gasteiger partial charge is 0.463 e. The third-order valence-corrected chi connectivity index (χ3v) is 3.24. The highest BCUT2D eigenvalue weighted by molar-refractivity contribution is 8.13. The number of thioether (sulfide) groups is 1. The Morgan fingerprint density at radius 1 is 1.47 bits per heavy atom. The standard InChI is InChI=1S/C12H20N2O2S/c1-5-9-10(11(15)16-6-2)8(4)13-12(14-9)17-7-3/h9H,5-7H2,1-4H3,(H,13,14)/t9-/m1/s1. The second-order valence-corrected chi connectivity index (χ2v) is 4.93. The van der Waals surface area contributed by atoms with Gasteiger partial charge in [-0.25, -0.2) is 4.79 Å². The summed E-state index contributed by atoms with van der Waals surface area (Å²) in [5.74, 6) is 0.707. The molecule has 0 radical (unpaired) electrons. The van der Waals surface area contributed by atoms with E-state index in [0.717, 1.165) is 23.0 Å². The summed E-state index contributed by atoms with van der Waals surface area (Å²) >= 11 is 1.65. The van der Waals surface area contributed by atoms with Crippen LogP contribution in [0.2, 0.25) is 0 Å². The van der Waals surface area contributed by atoms with Gasteiger partial charge in [-0.05, 0) is 26.0 Å². The molecule has 0 aliphatic carbocycles. The van der Waals surface area contributed by atoms with Gasteiger partial charge in [0, 0.05) is 5.70 Å². The first-order chi connectivity index (χ1) is 8.13. The monoisotopic (exact) mass is 256 g/mol. The summed E-state index contributed by atoms with van der Waals surface area (Å²) in [5.41, 5.74) is 1.52. The number of carbonyl (C=O) groups is 1. The molecular formula is C12H20N2O2S. The van der Waals surface area contributed by atoms with Crippen molar-refractivity contribution >= 4 is 22.9 Å². The molecule has 0 saturated carbocycles. The van der Waals surface area contributed by atoms with Crippen molar-refractivity contribution in [1.82, 2.24) is 5.32 Å². The quantitative estimate of drug-likeness (QED) is 0.784. The lowest BCUT2D eigenvalue weighted by Gasteiger charge is -2.24. The molecule has 1 aliphatic rings. The zero-order valence-corrected chi connectivity index (χ0v) is 11.7. The smallest absolute Gasteiger partial charge is 0.337 e. The maximum Gasteiger partial charge on any atom is 0.337 e. The van der Waals surface area contributed by atoms with Crippen molar-refractivity contribution in [3.63, 3.8) is 0 Å². The van der Waals surface area contributed by atoms with E-state index in [-0.39, 0.29) is 12.0 Å². The predicted molar refractivity (Wildman–Crippen MR) is 72.1 cm³/mol. The number of hydrogen-bond donors (Lipinski definition) is 1. The van der Waals surface area contributed by atoms with Gasteiger partial charge in [0.25, 0.3) is 0 Å². The summed E-state index contributed by atoms with van der Waals surface area (Å²) in [4.78, 5) is 16.4. The van der Waals surface area contributed by atoms with E-state index in [1.807, 2.05) is 20.8 Å². The zero-order chi connectivity index (χ0) is 12.8. The molecule has 17 heavy (non-hydrogen) atoms. The lowest BCUT2D eigenvalue weighted by Crippen LogP contribution is -2.33. The Balaban J connectivity index is 2.89. The summed E-state index contributed by atoms with van der Waals surface area (Å²) in [6, 6.07) is -0.0793. The molecule has 0 fully saturated rings. The summed E-state index contributed by atoms with van der Waals surface area (Å²) in [6.07, 6.45) is 0.806.